The van der Waals surface area contributed by atoms with Crippen LogP contribution in [0.5, 0.6) is 0 Å². The van der Waals surface area contributed by atoms with Gasteiger partial charge in [-0.1, -0.05) is 19.3 Å². The highest BCUT2D eigenvalue weighted by Gasteiger charge is 2.18. The van der Waals surface area contributed by atoms with E-state index in [1.165, 1.54) is 26.2 Å². The van der Waals surface area contributed by atoms with E-state index in [0.717, 1.165) is 12.8 Å². The summed E-state index contributed by atoms with van der Waals surface area (Å²) in [7, 11) is 0. The molecule has 0 unspecified atom stereocenters. The van der Waals surface area contributed by atoms with E-state index in [1.807, 2.05) is 5.48 Å². The fourth-order valence-corrected chi connectivity index (χ4v) is 1.80. The van der Waals surface area contributed by atoms with Crippen molar-refractivity contribution in [1.29, 1.82) is 0 Å². The predicted molar refractivity (Wildman–Crippen MR) is 51.1 cm³/mol. The van der Waals surface area contributed by atoms with Gasteiger partial charge in [0.15, 0.2) is 0 Å². The van der Waals surface area contributed by atoms with Gasteiger partial charge in [0.1, 0.15) is 0 Å². The fourth-order valence-electron chi connectivity index (χ4n) is 1.80. The van der Waals surface area contributed by atoms with E-state index in [-0.39, 0.29) is 11.9 Å². The Balaban J connectivity index is 2.15. The van der Waals surface area contributed by atoms with Crippen molar-refractivity contribution in [3.8, 4) is 0 Å². The maximum Gasteiger partial charge on any atom is 0.332 e. The lowest BCUT2D eigenvalue weighted by molar-refractivity contribution is -0.158. The van der Waals surface area contributed by atoms with Gasteiger partial charge in [-0.25, -0.2) is 4.79 Å². The Hall–Kier alpha value is -1.06. The molecule has 1 aliphatic carbocycles. The predicted octanol–water partition coefficient (Wildman–Crippen LogP) is 1.55. The second-order valence-electron chi connectivity index (χ2n) is 3.84. The molecule has 0 bridgehead atoms. The van der Waals surface area contributed by atoms with Crippen LogP contribution < -0.4 is 5.48 Å². The van der Waals surface area contributed by atoms with E-state index in [2.05, 4.69) is 4.84 Å². The van der Waals surface area contributed by atoms with E-state index in [4.69, 9.17) is 0 Å². The first-order chi connectivity index (χ1) is 6.68. The minimum absolute atomic E-state index is 0.327. The molecule has 1 saturated carbocycles. The number of carbonyl (C=O) groups excluding carboxylic acids is 2. The molecule has 0 aromatic rings. The van der Waals surface area contributed by atoms with Crippen LogP contribution in [0.15, 0.2) is 0 Å². The number of rotatable bonds is 2. The molecule has 0 aliphatic heterocycles. The minimum atomic E-state index is -0.345. The first-order valence-corrected chi connectivity index (χ1v) is 5.14. The number of carbonyl (C=O) groups is 2. The standard InChI is InChI=1S/C10H17NO3/c1-8(12)11-14-10(13)7-9-5-3-2-4-6-9/h9H,2-7H2,1H3,(H,11,12). The number of hydrogen-bond donors (Lipinski definition) is 1. The molecule has 0 spiro atoms. The van der Waals surface area contributed by atoms with Crippen molar-refractivity contribution < 1.29 is 14.4 Å². The van der Waals surface area contributed by atoms with Crippen LogP contribution >= 0.6 is 0 Å². The third kappa shape index (κ3) is 4.25. The molecule has 0 heterocycles. The van der Waals surface area contributed by atoms with Crippen LogP contribution in [0.2, 0.25) is 0 Å². The van der Waals surface area contributed by atoms with Gasteiger partial charge >= 0.3 is 5.97 Å². The van der Waals surface area contributed by atoms with E-state index in [0.29, 0.717) is 12.3 Å². The molecule has 0 radical (unpaired) electrons. The second kappa shape index (κ2) is 5.62. The third-order valence-electron chi connectivity index (χ3n) is 2.49. The molecule has 14 heavy (non-hydrogen) atoms. The highest BCUT2D eigenvalue weighted by atomic mass is 16.7. The van der Waals surface area contributed by atoms with Crippen molar-refractivity contribution in [3.63, 3.8) is 0 Å². The summed E-state index contributed by atoms with van der Waals surface area (Å²) in [5.41, 5.74) is 2.05. The first kappa shape index (κ1) is 11.0. The molecule has 1 N–H and O–H groups in total. The van der Waals surface area contributed by atoms with Gasteiger partial charge < -0.3 is 4.84 Å². The number of amides is 1. The van der Waals surface area contributed by atoms with Crippen molar-refractivity contribution in [2.75, 3.05) is 0 Å². The van der Waals surface area contributed by atoms with Crippen LogP contribution in [0, 0.1) is 5.92 Å². The summed E-state index contributed by atoms with van der Waals surface area (Å²) >= 11 is 0. The topological polar surface area (TPSA) is 55.4 Å². The van der Waals surface area contributed by atoms with Crippen LogP contribution in [0.25, 0.3) is 0 Å². The van der Waals surface area contributed by atoms with Crippen LogP contribution in [-0.2, 0) is 14.4 Å². The lowest BCUT2D eigenvalue weighted by atomic mass is 9.87. The van der Waals surface area contributed by atoms with Crippen molar-refractivity contribution >= 4 is 11.9 Å². The van der Waals surface area contributed by atoms with Crippen molar-refractivity contribution in [3.05, 3.63) is 0 Å². The van der Waals surface area contributed by atoms with Gasteiger partial charge in [0.05, 0.1) is 6.42 Å². The Morgan fingerprint density at radius 1 is 1.29 bits per heavy atom. The largest absolute Gasteiger partial charge is 0.341 e. The lowest BCUT2D eigenvalue weighted by Gasteiger charge is -2.20. The molecule has 0 atom stereocenters. The molecule has 0 aromatic heterocycles. The Morgan fingerprint density at radius 2 is 1.93 bits per heavy atom. The third-order valence-corrected chi connectivity index (χ3v) is 2.49. The summed E-state index contributed by atoms with van der Waals surface area (Å²) in [5, 5.41) is 0. The van der Waals surface area contributed by atoms with Gasteiger partial charge in [0.2, 0.25) is 5.91 Å². The zero-order valence-corrected chi connectivity index (χ0v) is 8.54. The van der Waals surface area contributed by atoms with Crippen LogP contribution in [-0.4, -0.2) is 11.9 Å². The smallest absolute Gasteiger partial charge is 0.332 e. The van der Waals surface area contributed by atoms with Crippen molar-refractivity contribution in [2.45, 2.75) is 45.4 Å². The molecule has 1 aliphatic rings. The molecule has 1 rings (SSSR count). The fraction of sp³-hybridized carbons (Fsp3) is 0.800. The SMILES string of the molecule is CC(=O)NOC(=O)CC1CCCCC1. The van der Waals surface area contributed by atoms with E-state index in [1.54, 1.807) is 0 Å². The summed E-state index contributed by atoms with van der Waals surface area (Å²) in [6, 6.07) is 0. The van der Waals surface area contributed by atoms with E-state index < -0.39 is 0 Å². The van der Waals surface area contributed by atoms with Gasteiger partial charge in [-0.2, -0.15) is 5.48 Å². The minimum Gasteiger partial charge on any atom is -0.341 e. The number of hydroxylamine groups is 1. The summed E-state index contributed by atoms with van der Waals surface area (Å²) in [4.78, 5) is 26.2. The molecule has 0 aromatic carbocycles. The van der Waals surface area contributed by atoms with Crippen molar-refractivity contribution in [2.24, 2.45) is 5.92 Å². The molecule has 1 fully saturated rings. The van der Waals surface area contributed by atoms with Gasteiger partial charge in [-0.15, -0.1) is 0 Å². The van der Waals surface area contributed by atoms with Crippen molar-refractivity contribution in [1.82, 2.24) is 5.48 Å². The van der Waals surface area contributed by atoms with Crippen LogP contribution in [0.3, 0.4) is 0 Å². The highest BCUT2D eigenvalue weighted by molar-refractivity contribution is 5.75. The second-order valence-corrected chi connectivity index (χ2v) is 3.84. The summed E-state index contributed by atoms with van der Waals surface area (Å²) in [5.74, 6) is -0.223. The molecule has 0 saturated heterocycles. The zero-order chi connectivity index (χ0) is 10.4. The highest BCUT2D eigenvalue weighted by Crippen LogP contribution is 2.26. The van der Waals surface area contributed by atoms with Gasteiger partial charge in [0, 0.05) is 6.92 Å². The molecule has 80 valence electrons. The normalized spacial score (nSPS) is 17.5. The van der Waals surface area contributed by atoms with Crippen LogP contribution in [0.4, 0.5) is 0 Å². The molecular formula is C10H17NO3. The van der Waals surface area contributed by atoms with E-state index in [9.17, 15) is 9.59 Å². The Labute approximate surface area is 84.0 Å². The summed E-state index contributed by atoms with van der Waals surface area (Å²) in [6.45, 7) is 1.31. The Kier molecular flexibility index (Phi) is 4.43. The molecule has 4 nitrogen and oxygen atoms in total. The average Bonchev–Trinajstić information content (AvgIpc) is 2.16. The van der Waals surface area contributed by atoms with Gasteiger partial charge in [-0.05, 0) is 18.8 Å². The van der Waals surface area contributed by atoms with Gasteiger partial charge in [0.25, 0.3) is 0 Å². The Bertz CT molecular complexity index is 209. The monoisotopic (exact) mass is 199 g/mol. The average molecular weight is 199 g/mol. The maximum atomic E-state index is 11.2. The maximum absolute atomic E-state index is 11.2. The number of hydrogen-bond acceptors (Lipinski definition) is 3. The number of nitrogens with one attached hydrogen (secondary N) is 1. The first-order valence-electron chi connectivity index (χ1n) is 5.14. The van der Waals surface area contributed by atoms with E-state index >= 15 is 0 Å². The van der Waals surface area contributed by atoms with Gasteiger partial charge in [-0.3, -0.25) is 4.79 Å². The van der Waals surface area contributed by atoms with Crippen LogP contribution in [0.1, 0.15) is 45.4 Å². The summed E-state index contributed by atoms with van der Waals surface area (Å²) < 4.78 is 0. The molecule has 4 heteroatoms. The Morgan fingerprint density at radius 3 is 2.50 bits per heavy atom. The lowest BCUT2D eigenvalue weighted by Crippen LogP contribution is -2.26. The molecular weight excluding hydrogens is 182 g/mol. The quantitative estimate of drug-likeness (QED) is 0.686. The zero-order valence-electron chi connectivity index (χ0n) is 8.54. The summed E-state index contributed by atoms with van der Waals surface area (Å²) in [6.07, 6.45) is 6.33. The molecule has 1 amide bonds.